The first-order chi connectivity index (χ1) is 11.1. The first-order valence-electron chi connectivity index (χ1n) is 7.89. The van der Waals surface area contributed by atoms with Crippen molar-refractivity contribution in [3.8, 4) is 5.75 Å². The van der Waals surface area contributed by atoms with Gasteiger partial charge in [0.2, 0.25) is 5.91 Å². The molecule has 1 fully saturated rings. The smallest absolute Gasteiger partial charge is 0.339 e. The van der Waals surface area contributed by atoms with Crippen LogP contribution in [0.3, 0.4) is 0 Å². The first-order valence-corrected chi connectivity index (χ1v) is 7.89. The van der Waals surface area contributed by atoms with E-state index in [4.69, 9.17) is 14.6 Å². The zero-order valence-corrected chi connectivity index (χ0v) is 13.3. The molecule has 126 valence electrons. The summed E-state index contributed by atoms with van der Waals surface area (Å²) in [6.45, 7) is 1.65. The van der Waals surface area contributed by atoms with Crippen LogP contribution in [0.2, 0.25) is 0 Å². The molecule has 1 aliphatic heterocycles. The van der Waals surface area contributed by atoms with Gasteiger partial charge >= 0.3 is 5.97 Å². The Morgan fingerprint density at radius 2 is 2.09 bits per heavy atom. The number of carboxylic acid groups (broad SMARTS) is 1. The van der Waals surface area contributed by atoms with Crippen LogP contribution in [0.25, 0.3) is 0 Å². The van der Waals surface area contributed by atoms with Crippen LogP contribution >= 0.6 is 0 Å². The molecule has 0 aliphatic carbocycles. The van der Waals surface area contributed by atoms with Crippen LogP contribution in [-0.2, 0) is 9.53 Å². The first kappa shape index (κ1) is 17.3. The number of amides is 1. The number of nitrogens with one attached hydrogen (secondary N) is 1. The highest BCUT2D eigenvalue weighted by atomic mass is 16.5. The largest absolute Gasteiger partial charge is 0.496 e. The van der Waals surface area contributed by atoms with E-state index in [0.29, 0.717) is 18.0 Å². The van der Waals surface area contributed by atoms with Gasteiger partial charge in [0.1, 0.15) is 11.3 Å². The highest BCUT2D eigenvalue weighted by molar-refractivity contribution is 5.94. The fraction of sp³-hybridized carbons (Fsp3) is 0.529. The average molecular weight is 321 g/mol. The van der Waals surface area contributed by atoms with Crippen molar-refractivity contribution >= 4 is 17.6 Å². The van der Waals surface area contributed by atoms with Crippen LogP contribution in [0.4, 0.5) is 5.69 Å². The Bertz CT molecular complexity index is 552. The molecule has 0 aromatic heterocycles. The second kappa shape index (κ2) is 8.53. The Morgan fingerprint density at radius 1 is 1.35 bits per heavy atom. The van der Waals surface area contributed by atoms with Gasteiger partial charge in [-0.25, -0.2) is 4.79 Å². The van der Waals surface area contributed by atoms with Gasteiger partial charge in [-0.05, 0) is 43.7 Å². The molecular formula is C17H23NO5. The molecule has 0 bridgehead atoms. The van der Waals surface area contributed by atoms with Crippen LogP contribution in [-0.4, -0.2) is 37.3 Å². The Labute approximate surface area is 135 Å². The zero-order valence-electron chi connectivity index (χ0n) is 13.3. The van der Waals surface area contributed by atoms with E-state index in [1.807, 2.05) is 0 Å². The number of benzene rings is 1. The molecule has 0 radical (unpaired) electrons. The lowest BCUT2D eigenvalue weighted by Gasteiger charge is -2.21. The third-order valence-electron chi connectivity index (χ3n) is 4.07. The lowest BCUT2D eigenvalue weighted by molar-refractivity contribution is -0.116. The number of carbonyl (C=O) groups is 2. The molecule has 1 aromatic rings. The summed E-state index contributed by atoms with van der Waals surface area (Å²) in [5.74, 6) is -0.234. The van der Waals surface area contributed by atoms with E-state index >= 15 is 0 Å². The summed E-state index contributed by atoms with van der Waals surface area (Å²) in [7, 11) is 1.40. The third kappa shape index (κ3) is 5.25. The van der Waals surface area contributed by atoms with E-state index in [9.17, 15) is 9.59 Å². The van der Waals surface area contributed by atoms with Gasteiger partial charge in [0.15, 0.2) is 0 Å². The predicted octanol–water partition coefficient (Wildman–Crippen LogP) is 2.93. The van der Waals surface area contributed by atoms with Crippen molar-refractivity contribution in [2.45, 2.75) is 32.1 Å². The van der Waals surface area contributed by atoms with Crippen LogP contribution in [0.1, 0.15) is 42.5 Å². The fourth-order valence-electron chi connectivity index (χ4n) is 2.76. The maximum atomic E-state index is 12.0. The molecule has 1 saturated heterocycles. The molecule has 1 heterocycles. The molecule has 23 heavy (non-hydrogen) atoms. The number of carboxylic acids is 1. The zero-order chi connectivity index (χ0) is 16.7. The number of anilines is 1. The number of methoxy groups -OCH3 is 1. The minimum absolute atomic E-state index is 0.0674. The standard InChI is InChI=1S/C17H23NO5/c1-22-15-11-13(5-6-14(15)17(20)21)18-16(19)4-2-3-12-7-9-23-10-8-12/h5-6,11-12H,2-4,7-10H2,1H3,(H,18,19)(H,20,21). The van der Waals surface area contributed by atoms with E-state index < -0.39 is 5.97 Å². The quantitative estimate of drug-likeness (QED) is 0.806. The molecule has 2 rings (SSSR count). The molecule has 0 unspecified atom stereocenters. The van der Waals surface area contributed by atoms with E-state index in [1.165, 1.54) is 19.2 Å². The van der Waals surface area contributed by atoms with Crippen LogP contribution in [0.5, 0.6) is 5.75 Å². The van der Waals surface area contributed by atoms with E-state index in [1.54, 1.807) is 6.07 Å². The van der Waals surface area contributed by atoms with Gasteiger partial charge < -0.3 is 19.9 Å². The Balaban J connectivity index is 1.81. The maximum Gasteiger partial charge on any atom is 0.339 e. The van der Waals surface area contributed by atoms with Crippen molar-refractivity contribution in [1.29, 1.82) is 0 Å². The number of hydrogen-bond acceptors (Lipinski definition) is 4. The van der Waals surface area contributed by atoms with Gasteiger partial charge in [-0.2, -0.15) is 0 Å². The van der Waals surface area contributed by atoms with Crippen molar-refractivity contribution in [2.24, 2.45) is 5.92 Å². The SMILES string of the molecule is COc1cc(NC(=O)CCCC2CCOCC2)ccc1C(=O)O. The number of aromatic carboxylic acids is 1. The second-order valence-corrected chi connectivity index (χ2v) is 5.72. The van der Waals surface area contributed by atoms with E-state index in [0.717, 1.165) is 38.9 Å². The summed E-state index contributed by atoms with van der Waals surface area (Å²) in [4.78, 5) is 23.0. The van der Waals surface area contributed by atoms with Crippen LogP contribution in [0, 0.1) is 5.92 Å². The number of carbonyl (C=O) groups excluding carboxylic acids is 1. The van der Waals surface area contributed by atoms with Gasteiger partial charge in [-0.1, -0.05) is 0 Å². The van der Waals surface area contributed by atoms with E-state index in [2.05, 4.69) is 5.32 Å². The summed E-state index contributed by atoms with van der Waals surface area (Å²) >= 11 is 0. The van der Waals surface area contributed by atoms with Gasteiger partial charge in [-0.3, -0.25) is 4.79 Å². The van der Waals surface area contributed by atoms with Crippen LogP contribution in [0.15, 0.2) is 18.2 Å². The summed E-state index contributed by atoms with van der Waals surface area (Å²) in [6.07, 6.45) is 4.50. The molecule has 1 aromatic carbocycles. The summed E-state index contributed by atoms with van der Waals surface area (Å²) in [5.41, 5.74) is 0.618. The lowest BCUT2D eigenvalue weighted by Crippen LogP contribution is -2.17. The molecular weight excluding hydrogens is 298 g/mol. The number of hydrogen-bond donors (Lipinski definition) is 2. The minimum atomic E-state index is -1.06. The topological polar surface area (TPSA) is 84.9 Å². The summed E-state index contributed by atoms with van der Waals surface area (Å²) in [6, 6.07) is 4.53. The monoisotopic (exact) mass is 321 g/mol. The average Bonchev–Trinajstić information content (AvgIpc) is 2.55. The van der Waals surface area contributed by atoms with Crippen molar-refractivity contribution < 1.29 is 24.2 Å². The van der Waals surface area contributed by atoms with Gasteiger partial charge in [0.25, 0.3) is 0 Å². The van der Waals surface area contributed by atoms with Gasteiger partial charge in [0, 0.05) is 31.4 Å². The molecule has 0 spiro atoms. The van der Waals surface area contributed by atoms with Crippen LogP contribution < -0.4 is 10.1 Å². The molecule has 6 heteroatoms. The van der Waals surface area contributed by atoms with Crippen molar-refractivity contribution in [3.63, 3.8) is 0 Å². The third-order valence-corrected chi connectivity index (χ3v) is 4.07. The lowest BCUT2D eigenvalue weighted by atomic mass is 9.94. The molecule has 0 atom stereocenters. The summed E-state index contributed by atoms with van der Waals surface area (Å²) in [5, 5.41) is 11.8. The molecule has 0 saturated carbocycles. The Kier molecular flexibility index (Phi) is 6.40. The molecule has 2 N–H and O–H groups in total. The molecule has 1 aliphatic rings. The summed E-state index contributed by atoms with van der Waals surface area (Å²) < 4.78 is 10.4. The van der Waals surface area contributed by atoms with Gasteiger partial charge in [0.05, 0.1) is 7.11 Å². The number of ether oxygens (including phenoxy) is 2. The minimum Gasteiger partial charge on any atom is -0.496 e. The van der Waals surface area contributed by atoms with Crippen molar-refractivity contribution in [3.05, 3.63) is 23.8 Å². The highest BCUT2D eigenvalue weighted by Crippen LogP contribution is 2.24. The Morgan fingerprint density at radius 3 is 2.74 bits per heavy atom. The van der Waals surface area contributed by atoms with Gasteiger partial charge in [-0.15, -0.1) is 0 Å². The van der Waals surface area contributed by atoms with E-state index in [-0.39, 0.29) is 17.2 Å². The predicted molar refractivity (Wildman–Crippen MR) is 86.0 cm³/mol. The second-order valence-electron chi connectivity index (χ2n) is 5.72. The number of rotatable bonds is 7. The highest BCUT2D eigenvalue weighted by Gasteiger charge is 2.15. The van der Waals surface area contributed by atoms with Crippen molar-refractivity contribution in [2.75, 3.05) is 25.6 Å². The molecule has 1 amide bonds. The molecule has 6 nitrogen and oxygen atoms in total. The normalized spacial score (nSPS) is 15.2. The fourth-order valence-corrected chi connectivity index (χ4v) is 2.76. The Hall–Kier alpha value is -2.08. The van der Waals surface area contributed by atoms with Crippen molar-refractivity contribution in [1.82, 2.24) is 0 Å². The maximum absolute atomic E-state index is 12.0.